The summed E-state index contributed by atoms with van der Waals surface area (Å²) in [6.07, 6.45) is -5.93. The number of halogens is 6. The Morgan fingerprint density at radius 2 is 1.83 bits per heavy atom. The number of hydrogen-bond donors (Lipinski definition) is 3. The monoisotopic (exact) mass is 454 g/mol. The fourth-order valence-electron chi connectivity index (χ4n) is 2.33. The number of aliphatic hydroxyl groups is 1. The van der Waals surface area contributed by atoms with Gasteiger partial charge in [-0.05, 0) is 12.1 Å². The van der Waals surface area contributed by atoms with Crippen molar-refractivity contribution in [2.24, 2.45) is 0 Å². The number of carbonyl (C=O) groups excluding carboxylic acids is 1. The molecule has 0 heterocycles. The number of benzene rings is 2. The van der Waals surface area contributed by atoms with Gasteiger partial charge in [-0.2, -0.15) is 0 Å². The third-order valence-corrected chi connectivity index (χ3v) is 4.29. The first-order valence-electron chi connectivity index (χ1n) is 8.26. The molecule has 2 rings (SSSR count). The van der Waals surface area contributed by atoms with E-state index in [4.69, 9.17) is 23.2 Å². The number of amides is 1. The van der Waals surface area contributed by atoms with Crippen LogP contribution in [0.5, 0.6) is 5.75 Å². The van der Waals surface area contributed by atoms with Gasteiger partial charge >= 0.3 is 6.36 Å². The van der Waals surface area contributed by atoms with E-state index in [1.807, 2.05) is 0 Å². The van der Waals surface area contributed by atoms with E-state index < -0.39 is 24.0 Å². The molecule has 0 fully saturated rings. The van der Waals surface area contributed by atoms with Crippen molar-refractivity contribution in [3.63, 3.8) is 0 Å². The van der Waals surface area contributed by atoms with Gasteiger partial charge in [0.15, 0.2) is 0 Å². The molecule has 158 valence electrons. The molecule has 0 spiro atoms. The van der Waals surface area contributed by atoms with Crippen LogP contribution in [0.3, 0.4) is 0 Å². The third-order valence-electron chi connectivity index (χ3n) is 3.69. The van der Waals surface area contributed by atoms with E-state index in [9.17, 15) is 27.5 Å². The normalized spacial score (nSPS) is 12.4. The average molecular weight is 455 g/mol. The topological polar surface area (TPSA) is 70.6 Å². The quantitative estimate of drug-likeness (QED) is 0.494. The summed E-state index contributed by atoms with van der Waals surface area (Å²) >= 11 is 11.9. The van der Waals surface area contributed by atoms with Gasteiger partial charge in [0.25, 0.3) is 0 Å². The summed E-state index contributed by atoms with van der Waals surface area (Å²) in [6, 6.07) is 5.58. The minimum absolute atomic E-state index is 0.0435. The second-order valence-electron chi connectivity index (χ2n) is 5.84. The molecule has 0 aliphatic rings. The maximum atomic E-state index is 14.3. The predicted molar refractivity (Wildman–Crippen MR) is 101 cm³/mol. The Morgan fingerprint density at radius 3 is 2.34 bits per heavy atom. The summed E-state index contributed by atoms with van der Waals surface area (Å²) in [6.45, 7) is 1.48. The van der Waals surface area contributed by atoms with Crippen LogP contribution in [0.4, 0.5) is 28.9 Å². The summed E-state index contributed by atoms with van der Waals surface area (Å²) in [5.41, 5.74) is 0.188. The molecule has 0 saturated carbocycles. The van der Waals surface area contributed by atoms with Crippen LogP contribution >= 0.6 is 23.2 Å². The Bertz CT molecular complexity index is 871. The first-order chi connectivity index (χ1) is 13.5. The third kappa shape index (κ3) is 6.66. The van der Waals surface area contributed by atoms with Crippen LogP contribution < -0.4 is 15.4 Å². The molecule has 0 saturated heterocycles. The molecule has 2 aromatic rings. The van der Waals surface area contributed by atoms with Crippen molar-refractivity contribution in [1.82, 2.24) is 5.32 Å². The fourth-order valence-corrected chi connectivity index (χ4v) is 2.89. The molecule has 1 unspecified atom stereocenters. The van der Waals surface area contributed by atoms with Crippen LogP contribution in [-0.4, -0.2) is 23.9 Å². The highest BCUT2D eigenvalue weighted by Gasteiger charge is 2.31. The Labute approximate surface area is 173 Å². The van der Waals surface area contributed by atoms with Crippen LogP contribution in [0, 0.1) is 5.82 Å². The van der Waals surface area contributed by atoms with Crippen LogP contribution in [0.2, 0.25) is 10.0 Å². The number of nitrogens with one attached hydrogen (secondary N) is 2. The number of hydrogen-bond acceptors (Lipinski definition) is 4. The van der Waals surface area contributed by atoms with E-state index >= 15 is 0 Å². The molecule has 1 amide bonds. The van der Waals surface area contributed by atoms with E-state index in [1.54, 1.807) is 6.92 Å². The molecule has 3 N–H and O–H groups in total. The van der Waals surface area contributed by atoms with Crippen molar-refractivity contribution >= 4 is 40.5 Å². The maximum Gasteiger partial charge on any atom is 0.573 e. The zero-order valence-corrected chi connectivity index (χ0v) is 16.4. The van der Waals surface area contributed by atoms with Gasteiger partial charge < -0.3 is 20.5 Å². The van der Waals surface area contributed by atoms with Crippen molar-refractivity contribution in [3.05, 3.63) is 51.8 Å². The van der Waals surface area contributed by atoms with Gasteiger partial charge in [-0.25, -0.2) is 4.39 Å². The predicted octanol–water partition coefficient (Wildman–Crippen LogP) is 5.33. The lowest BCUT2D eigenvalue weighted by atomic mass is 10.1. The van der Waals surface area contributed by atoms with E-state index in [0.29, 0.717) is 0 Å². The molecule has 0 aliphatic carbocycles. The molecule has 0 aliphatic heterocycles. The van der Waals surface area contributed by atoms with E-state index in [2.05, 4.69) is 15.4 Å². The van der Waals surface area contributed by atoms with Crippen molar-refractivity contribution in [2.45, 2.75) is 25.8 Å². The lowest BCUT2D eigenvalue weighted by Gasteiger charge is -2.16. The summed E-state index contributed by atoms with van der Waals surface area (Å²) in [7, 11) is 0. The van der Waals surface area contributed by atoms with Gasteiger partial charge in [0.2, 0.25) is 5.91 Å². The van der Waals surface area contributed by atoms with Gasteiger partial charge in [-0.1, -0.05) is 36.2 Å². The van der Waals surface area contributed by atoms with Crippen molar-refractivity contribution < 1.29 is 32.2 Å². The zero-order valence-electron chi connectivity index (χ0n) is 14.9. The summed E-state index contributed by atoms with van der Waals surface area (Å²) in [5.74, 6) is -1.65. The number of anilines is 2. The first kappa shape index (κ1) is 23.1. The molecule has 0 radical (unpaired) electrons. The van der Waals surface area contributed by atoms with E-state index in [0.717, 1.165) is 18.2 Å². The Hall–Kier alpha value is -2.23. The number of rotatable bonds is 7. The Balaban J connectivity index is 2.16. The van der Waals surface area contributed by atoms with Crippen molar-refractivity contribution in [3.8, 4) is 5.75 Å². The van der Waals surface area contributed by atoms with Crippen LogP contribution in [-0.2, 0) is 4.79 Å². The van der Waals surface area contributed by atoms with E-state index in [-0.39, 0.29) is 45.9 Å². The van der Waals surface area contributed by atoms with Crippen LogP contribution in [0.1, 0.15) is 25.0 Å². The van der Waals surface area contributed by atoms with Crippen LogP contribution in [0.15, 0.2) is 30.3 Å². The van der Waals surface area contributed by atoms with Gasteiger partial charge in [0.1, 0.15) is 11.6 Å². The molecule has 5 nitrogen and oxygen atoms in total. The van der Waals surface area contributed by atoms with Crippen molar-refractivity contribution in [1.29, 1.82) is 0 Å². The largest absolute Gasteiger partial charge is 0.573 e. The lowest BCUT2D eigenvalue weighted by molar-refractivity contribution is -0.274. The molecule has 0 bridgehead atoms. The van der Waals surface area contributed by atoms with Gasteiger partial charge in [0.05, 0.1) is 21.8 Å². The van der Waals surface area contributed by atoms with Gasteiger partial charge in [0, 0.05) is 36.3 Å². The Morgan fingerprint density at radius 1 is 1.21 bits per heavy atom. The maximum absolute atomic E-state index is 14.3. The molecule has 11 heteroatoms. The molecular formula is C18H16Cl2F4N2O3. The van der Waals surface area contributed by atoms with E-state index in [1.165, 1.54) is 12.1 Å². The molecule has 2 aromatic carbocycles. The van der Waals surface area contributed by atoms with Crippen molar-refractivity contribution in [2.75, 3.05) is 11.9 Å². The number of ether oxygens (including phenoxy) is 1. The highest BCUT2D eigenvalue weighted by atomic mass is 35.5. The summed E-state index contributed by atoms with van der Waals surface area (Å²) in [4.78, 5) is 11.2. The van der Waals surface area contributed by atoms with Gasteiger partial charge in [-0.3, -0.25) is 4.79 Å². The minimum Gasteiger partial charge on any atom is -0.406 e. The second-order valence-corrected chi connectivity index (χ2v) is 6.66. The first-order valence-corrected chi connectivity index (χ1v) is 9.01. The molecule has 0 aromatic heterocycles. The minimum atomic E-state index is -4.90. The summed E-state index contributed by atoms with van der Waals surface area (Å²) < 4.78 is 55.0. The Kier molecular flexibility index (Phi) is 7.56. The second kappa shape index (κ2) is 9.51. The highest BCUT2D eigenvalue weighted by molar-refractivity contribution is 6.39. The lowest BCUT2D eigenvalue weighted by Crippen LogP contribution is -2.27. The number of carbonyl (C=O) groups is 1. The molecular weight excluding hydrogens is 439 g/mol. The SMILES string of the molecule is CCC(=O)NCC(O)c1ccc(Nc2c(Cl)cc(OC(F)(F)F)cc2Cl)cc1F. The average Bonchev–Trinajstić information content (AvgIpc) is 2.61. The smallest absolute Gasteiger partial charge is 0.406 e. The standard InChI is InChI=1S/C18H16Cl2F4N2O3/c1-2-16(28)25-8-15(27)11-4-3-9(5-14(11)21)26-17-12(19)6-10(7-13(17)20)29-18(22,23)24/h3-7,15,26-27H,2,8H2,1H3,(H,25,28). The highest BCUT2D eigenvalue weighted by Crippen LogP contribution is 2.38. The zero-order chi connectivity index (χ0) is 21.8. The number of alkyl halides is 3. The van der Waals surface area contributed by atoms with Crippen LogP contribution in [0.25, 0.3) is 0 Å². The number of aliphatic hydroxyl groups excluding tert-OH is 1. The molecule has 1 atom stereocenters. The van der Waals surface area contributed by atoms with Gasteiger partial charge in [-0.15, -0.1) is 13.2 Å². The summed E-state index contributed by atoms with van der Waals surface area (Å²) in [5, 5.41) is 14.8. The molecule has 29 heavy (non-hydrogen) atoms. The fraction of sp³-hybridized carbons (Fsp3) is 0.278.